The lowest BCUT2D eigenvalue weighted by molar-refractivity contribution is -0.149. The Labute approximate surface area is 120 Å². The molecule has 7 nitrogen and oxygen atoms in total. The predicted octanol–water partition coefficient (Wildman–Crippen LogP) is -0.364. The van der Waals surface area contributed by atoms with Crippen LogP contribution in [-0.4, -0.2) is 64.6 Å². The minimum atomic E-state index is -3.65. The summed E-state index contributed by atoms with van der Waals surface area (Å²) >= 11 is 0. The highest BCUT2D eigenvalue weighted by molar-refractivity contribution is 7.93. The number of sulfonamides is 1. The minimum absolute atomic E-state index is 0.0743. The molecule has 0 aliphatic carbocycles. The maximum atomic E-state index is 12.1. The summed E-state index contributed by atoms with van der Waals surface area (Å²) in [5.41, 5.74) is 0. The Morgan fingerprint density at radius 3 is 2.45 bits per heavy atom. The van der Waals surface area contributed by atoms with Gasteiger partial charge in [0, 0.05) is 19.3 Å². The highest BCUT2D eigenvalue weighted by atomic mass is 32.2. The topological polar surface area (TPSA) is 97.8 Å². The van der Waals surface area contributed by atoms with Gasteiger partial charge < -0.3 is 4.74 Å². The third kappa shape index (κ3) is 5.37. The summed E-state index contributed by atoms with van der Waals surface area (Å²) in [5.74, 6) is -1.70. The molecular formula is C11H21NO6S2. The van der Waals surface area contributed by atoms with Crippen LogP contribution in [0, 0.1) is 5.92 Å². The van der Waals surface area contributed by atoms with Crippen molar-refractivity contribution in [2.24, 2.45) is 5.92 Å². The predicted molar refractivity (Wildman–Crippen MR) is 74.4 cm³/mol. The van der Waals surface area contributed by atoms with Gasteiger partial charge in [0.25, 0.3) is 0 Å². The van der Waals surface area contributed by atoms with Crippen LogP contribution in [0.25, 0.3) is 0 Å². The summed E-state index contributed by atoms with van der Waals surface area (Å²) in [6.45, 7) is 2.35. The van der Waals surface area contributed by atoms with Gasteiger partial charge in [-0.05, 0) is 19.8 Å². The Balaban J connectivity index is 2.68. The zero-order chi connectivity index (χ0) is 15.4. The molecule has 1 rings (SSSR count). The fourth-order valence-corrected chi connectivity index (χ4v) is 5.16. The summed E-state index contributed by atoms with van der Waals surface area (Å²) in [6.07, 6.45) is 2.17. The molecule has 0 aromatic carbocycles. The van der Waals surface area contributed by atoms with Crippen molar-refractivity contribution in [2.45, 2.75) is 19.8 Å². The van der Waals surface area contributed by atoms with Gasteiger partial charge in [-0.25, -0.2) is 21.1 Å². The summed E-state index contributed by atoms with van der Waals surface area (Å²) in [5, 5.41) is 0. The second kappa shape index (κ2) is 6.86. The monoisotopic (exact) mass is 327 g/mol. The van der Waals surface area contributed by atoms with E-state index in [1.807, 2.05) is 0 Å². The van der Waals surface area contributed by atoms with Gasteiger partial charge in [0.2, 0.25) is 10.0 Å². The van der Waals surface area contributed by atoms with Gasteiger partial charge in [-0.2, -0.15) is 0 Å². The molecule has 0 saturated carbocycles. The van der Waals surface area contributed by atoms with Crippen LogP contribution >= 0.6 is 0 Å². The number of rotatable bonds is 6. The zero-order valence-electron chi connectivity index (χ0n) is 11.7. The molecule has 0 radical (unpaired) electrons. The van der Waals surface area contributed by atoms with Crippen LogP contribution in [0.2, 0.25) is 0 Å². The van der Waals surface area contributed by atoms with Crippen molar-refractivity contribution in [3.63, 3.8) is 0 Å². The molecule has 0 bridgehead atoms. The second-order valence-electron chi connectivity index (χ2n) is 4.90. The molecule has 0 unspecified atom stereocenters. The summed E-state index contributed by atoms with van der Waals surface area (Å²) in [6, 6.07) is 0. The van der Waals surface area contributed by atoms with Crippen molar-refractivity contribution in [1.29, 1.82) is 0 Å². The Hall–Kier alpha value is -0.670. The Morgan fingerprint density at radius 2 is 1.90 bits per heavy atom. The number of ether oxygens (including phenoxy) is 1. The minimum Gasteiger partial charge on any atom is -0.466 e. The largest absolute Gasteiger partial charge is 0.466 e. The lowest BCUT2D eigenvalue weighted by Gasteiger charge is -2.30. The van der Waals surface area contributed by atoms with Crippen molar-refractivity contribution in [3.8, 4) is 0 Å². The number of nitrogens with zero attached hydrogens (tertiary/aromatic N) is 1. The fraction of sp³-hybridized carbons (Fsp3) is 0.909. The van der Waals surface area contributed by atoms with Crippen LogP contribution < -0.4 is 0 Å². The Morgan fingerprint density at radius 1 is 1.25 bits per heavy atom. The van der Waals surface area contributed by atoms with Gasteiger partial charge in [-0.3, -0.25) is 4.79 Å². The van der Waals surface area contributed by atoms with E-state index in [2.05, 4.69) is 0 Å². The molecular weight excluding hydrogens is 306 g/mol. The molecule has 0 aromatic heterocycles. The lowest BCUT2D eigenvalue weighted by Crippen LogP contribution is -2.44. The maximum absolute atomic E-state index is 12.1. The first kappa shape index (κ1) is 17.4. The SMILES string of the molecule is CCOC(=O)[C@H]1CCCN(S(=O)(=O)CCS(C)(=O)=O)C1. The number of hydrogen-bond donors (Lipinski definition) is 0. The van der Waals surface area contributed by atoms with E-state index in [4.69, 9.17) is 4.74 Å². The van der Waals surface area contributed by atoms with Gasteiger partial charge in [-0.15, -0.1) is 0 Å². The van der Waals surface area contributed by atoms with E-state index in [1.165, 1.54) is 4.31 Å². The number of piperidine rings is 1. The van der Waals surface area contributed by atoms with Gasteiger partial charge in [-0.1, -0.05) is 0 Å². The second-order valence-corrected chi connectivity index (χ2v) is 9.24. The van der Waals surface area contributed by atoms with E-state index < -0.39 is 43.3 Å². The smallest absolute Gasteiger partial charge is 0.310 e. The third-order valence-corrected chi connectivity index (χ3v) is 6.15. The van der Waals surface area contributed by atoms with Crippen molar-refractivity contribution < 1.29 is 26.4 Å². The van der Waals surface area contributed by atoms with E-state index in [1.54, 1.807) is 6.92 Å². The fourth-order valence-electron chi connectivity index (χ4n) is 2.03. The highest BCUT2D eigenvalue weighted by Gasteiger charge is 2.33. The maximum Gasteiger partial charge on any atom is 0.310 e. The molecule has 1 heterocycles. The first-order valence-electron chi connectivity index (χ1n) is 6.48. The molecule has 1 aliphatic heterocycles. The Kier molecular flexibility index (Phi) is 5.96. The van der Waals surface area contributed by atoms with Crippen molar-refractivity contribution >= 4 is 25.8 Å². The third-order valence-electron chi connectivity index (χ3n) is 3.11. The molecule has 1 saturated heterocycles. The van der Waals surface area contributed by atoms with Crippen molar-refractivity contribution in [2.75, 3.05) is 37.5 Å². The van der Waals surface area contributed by atoms with E-state index in [0.29, 0.717) is 19.4 Å². The van der Waals surface area contributed by atoms with Crippen LogP contribution in [0.4, 0.5) is 0 Å². The van der Waals surface area contributed by atoms with E-state index in [-0.39, 0.29) is 13.2 Å². The number of carbonyl (C=O) groups is 1. The number of hydrogen-bond acceptors (Lipinski definition) is 6. The standard InChI is InChI=1S/C11H21NO6S2/c1-3-18-11(13)10-5-4-6-12(9-10)20(16,17)8-7-19(2,14)15/h10H,3-9H2,1-2H3/t10-/m0/s1. The molecule has 1 atom stereocenters. The van der Waals surface area contributed by atoms with Gasteiger partial charge in [0.05, 0.1) is 24.0 Å². The normalized spacial score (nSPS) is 21.6. The van der Waals surface area contributed by atoms with Gasteiger partial charge in [0.1, 0.15) is 9.84 Å². The van der Waals surface area contributed by atoms with E-state index in [0.717, 1.165) is 6.26 Å². The molecule has 0 N–H and O–H groups in total. The van der Waals surface area contributed by atoms with Crippen LogP contribution in [0.3, 0.4) is 0 Å². The molecule has 1 fully saturated rings. The first-order chi connectivity index (χ1) is 9.15. The van der Waals surface area contributed by atoms with Gasteiger partial charge in [0.15, 0.2) is 0 Å². The zero-order valence-corrected chi connectivity index (χ0v) is 13.4. The summed E-state index contributed by atoms with van der Waals surface area (Å²) in [7, 11) is -6.98. The molecule has 9 heteroatoms. The quantitative estimate of drug-likeness (QED) is 0.618. The highest BCUT2D eigenvalue weighted by Crippen LogP contribution is 2.20. The average molecular weight is 327 g/mol. The molecule has 0 aromatic rings. The van der Waals surface area contributed by atoms with E-state index >= 15 is 0 Å². The Bertz CT molecular complexity index is 539. The van der Waals surface area contributed by atoms with Crippen LogP contribution in [-0.2, 0) is 29.4 Å². The molecule has 0 spiro atoms. The lowest BCUT2D eigenvalue weighted by atomic mass is 10.0. The first-order valence-corrected chi connectivity index (χ1v) is 10.1. The van der Waals surface area contributed by atoms with E-state index in [9.17, 15) is 21.6 Å². The molecule has 1 aliphatic rings. The molecule has 0 amide bonds. The van der Waals surface area contributed by atoms with Crippen LogP contribution in [0.1, 0.15) is 19.8 Å². The summed E-state index contributed by atoms with van der Waals surface area (Å²) < 4.78 is 52.4. The molecule has 20 heavy (non-hydrogen) atoms. The summed E-state index contributed by atoms with van der Waals surface area (Å²) in [4.78, 5) is 11.6. The van der Waals surface area contributed by atoms with Gasteiger partial charge >= 0.3 is 5.97 Å². The van der Waals surface area contributed by atoms with Crippen molar-refractivity contribution in [1.82, 2.24) is 4.31 Å². The van der Waals surface area contributed by atoms with Crippen LogP contribution in [0.5, 0.6) is 0 Å². The van der Waals surface area contributed by atoms with Crippen molar-refractivity contribution in [3.05, 3.63) is 0 Å². The van der Waals surface area contributed by atoms with Crippen LogP contribution in [0.15, 0.2) is 0 Å². The average Bonchev–Trinajstić information content (AvgIpc) is 2.36. The number of esters is 1. The number of sulfone groups is 1. The molecule has 118 valence electrons. The number of carbonyl (C=O) groups excluding carboxylic acids is 1.